The highest BCUT2D eigenvalue weighted by atomic mass is 16.7. The number of ether oxygens (including phenoxy) is 2. The Bertz CT molecular complexity index is 499. The summed E-state index contributed by atoms with van der Waals surface area (Å²) in [6.07, 6.45) is 12.0. The van der Waals surface area contributed by atoms with E-state index in [4.69, 9.17) is 9.47 Å². The van der Waals surface area contributed by atoms with E-state index in [1.54, 1.807) is 0 Å². The van der Waals surface area contributed by atoms with Gasteiger partial charge in [-0.25, -0.2) is 0 Å². The lowest BCUT2D eigenvalue weighted by Crippen LogP contribution is -2.35. The van der Waals surface area contributed by atoms with Crippen LogP contribution in [0.25, 0.3) is 0 Å². The molecule has 0 aromatic carbocycles. The summed E-state index contributed by atoms with van der Waals surface area (Å²) in [5, 5.41) is 0. The van der Waals surface area contributed by atoms with Crippen LogP contribution in [-0.2, 0) is 14.3 Å². The monoisotopic (exact) mass is 304 g/mol. The van der Waals surface area contributed by atoms with Crippen molar-refractivity contribution in [3.63, 3.8) is 0 Å². The molecule has 6 unspecified atom stereocenters. The molecule has 4 bridgehead atoms. The summed E-state index contributed by atoms with van der Waals surface area (Å²) in [6.45, 7) is 5.27. The number of hydrogen-bond acceptors (Lipinski definition) is 3. The number of fused-ring (bicyclic) bond motifs is 4. The van der Waals surface area contributed by atoms with Gasteiger partial charge in [0.2, 0.25) is 0 Å². The number of carbonyl (C=O) groups excluding carboxylic acids is 1. The van der Waals surface area contributed by atoms with Crippen LogP contribution in [0.3, 0.4) is 0 Å². The molecule has 0 aromatic rings. The second-order valence-corrected chi connectivity index (χ2v) is 8.74. The minimum atomic E-state index is -0.320. The molecule has 0 aliphatic heterocycles. The number of hydrogen-bond donors (Lipinski definition) is 0. The number of allylic oxidation sites excluding steroid dienone is 2. The van der Waals surface area contributed by atoms with Gasteiger partial charge >= 0.3 is 5.97 Å². The third kappa shape index (κ3) is 2.24. The number of esters is 1. The maximum absolute atomic E-state index is 12.4. The van der Waals surface area contributed by atoms with Crippen molar-refractivity contribution in [3.05, 3.63) is 12.2 Å². The highest BCUT2D eigenvalue weighted by Gasteiger charge is 2.51. The zero-order valence-corrected chi connectivity index (χ0v) is 13.8. The third-order valence-corrected chi connectivity index (χ3v) is 7.13. The Morgan fingerprint density at radius 1 is 1.18 bits per heavy atom. The van der Waals surface area contributed by atoms with E-state index in [2.05, 4.69) is 26.0 Å². The Morgan fingerprint density at radius 2 is 2.05 bits per heavy atom. The highest BCUT2D eigenvalue weighted by Crippen LogP contribution is 2.56. The number of rotatable bonds is 5. The van der Waals surface area contributed by atoms with E-state index < -0.39 is 0 Å². The molecule has 0 saturated heterocycles. The Morgan fingerprint density at radius 3 is 2.64 bits per heavy atom. The SMILES string of the molecule is CC1(COCOC(=O)C2(C)CC3C=CC2C3)CC2CCC1C2. The Labute approximate surface area is 133 Å². The maximum atomic E-state index is 12.4. The van der Waals surface area contributed by atoms with Gasteiger partial charge in [0.05, 0.1) is 12.0 Å². The fourth-order valence-corrected chi connectivity index (χ4v) is 5.76. The Balaban J connectivity index is 1.24. The summed E-state index contributed by atoms with van der Waals surface area (Å²) in [7, 11) is 0. The molecule has 4 rings (SSSR count). The molecule has 3 saturated carbocycles. The molecule has 0 aromatic heterocycles. The first kappa shape index (κ1) is 14.7. The van der Waals surface area contributed by atoms with Crippen LogP contribution in [-0.4, -0.2) is 19.4 Å². The van der Waals surface area contributed by atoms with Crippen LogP contribution in [0.5, 0.6) is 0 Å². The van der Waals surface area contributed by atoms with Gasteiger partial charge in [-0.05, 0) is 68.1 Å². The quantitative estimate of drug-likeness (QED) is 0.334. The van der Waals surface area contributed by atoms with E-state index in [0.29, 0.717) is 17.3 Å². The number of carbonyl (C=O) groups is 1. The van der Waals surface area contributed by atoms with E-state index in [1.807, 2.05) is 0 Å². The summed E-state index contributed by atoms with van der Waals surface area (Å²) in [4.78, 5) is 12.4. The fourth-order valence-electron chi connectivity index (χ4n) is 5.76. The van der Waals surface area contributed by atoms with Gasteiger partial charge in [0.1, 0.15) is 0 Å². The molecule has 3 heteroatoms. The van der Waals surface area contributed by atoms with Crippen LogP contribution in [0.2, 0.25) is 0 Å². The average Bonchev–Trinajstić information content (AvgIpc) is 3.22. The molecular weight excluding hydrogens is 276 g/mol. The van der Waals surface area contributed by atoms with Gasteiger partial charge in [0.25, 0.3) is 0 Å². The van der Waals surface area contributed by atoms with Crippen LogP contribution >= 0.6 is 0 Å². The van der Waals surface area contributed by atoms with Gasteiger partial charge in [-0.15, -0.1) is 0 Å². The lowest BCUT2D eigenvalue weighted by atomic mass is 9.75. The van der Waals surface area contributed by atoms with Gasteiger partial charge < -0.3 is 9.47 Å². The van der Waals surface area contributed by atoms with Crippen LogP contribution in [0, 0.1) is 34.5 Å². The largest absolute Gasteiger partial charge is 0.438 e. The van der Waals surface area contributed by atoms with Crippen LogP contribution in [0.4, 0.5) is 0 Å². The lowest BCUT2D eigenvalue weighted by Gasteiger charge is -2.34. The topological polar surface area (TPSA) is 35.5 Å². The van der Waals surface area contributed by atoms with Crippen molar-refractivity contribution in [1.29, 1.82) is 0 Å². The van der Waals surface area contributed by atoms with E-state index >= 15 is 0 Å². The molecule has 0 heterocycles. The van der Waals surface area contributed by atoms with Crippen molar-refractivity contribution >= 4 is 5.97 Å². The molecule has 6 atom stereocenters. The van der Waals surface area contributed by atoms with Crippen molar-refractivity contribution in [2.24, 2.45) is 34.5 Å². The van der Waals surface area contributed by atoms with E-state index in [1.165, 1.54) is 25.7 Å². The summed E-state index contributed by atoms with van der Waals surface area (Å²) in [6, 6.07) is 0. The minimum absolute atomic E-state index is 0.0672. The smallest absolute Gasteiger partial charge is 0.314 e. The predicted octanol–water partition coefficient (Wildman–Crippen LogP) is 3.93. The van der Waals surface area contributed by atoms with Crippen molar-refractivity contribution < 1.29 is 14.3 Å². The minimum Gasteiger partial charge on any atom is -0.438 e. The Hall–Kier alpha value is -0.830. The maximum Gasteiger partial charge on any atom is 0.314 e. The summed E-state index contributed by atoms with van der Waals surface area (Å²) >= 11 is 0. The molecule has 0 radical (unpaired) electrons. The van der Waals surface area contributed by atoms with E-state index in [9.17, 15) is 4.79 Å². The molecule has 3 fully saturated rings. The standard InChI is InChI=1S/C19H28O3/c1-18(9-13-3-5-15(18)7-13)11-21-12-22-17(20)19(2)10-14-4-6-16(19)8-14/h4,6,13-16H,3,5,7-12H2,1-2H3. The Kier molecular flexibility index (Phi) is 3.41. The van der Waals surface area contributed by atoms with Crippen LogP contribution in [0.1, 0.15) is 52.4 Å². The van der Waals surface area contributed by atoms with Gasteiger partial charge in [-0.3, -0.25) is 4.79 Å². The zero-order chi connectivity index (χ0) is 15.4. The van der Waals surface area contributed by atoms with Crippen molar-refractivity contribution in [2.75, 3.05) is 13.4 Å². The van der Waals surface area contributed by atoms with Crippen LogP contribution < -0.4 is 0 Å². The van der Waals surface area contributed by atoms with Crippen molar-refractivity contribution in [3.8, 4) is 0 Å². The summed E-state index contributed by atoms with van der Waals surface area (Å²) < 4.78 is 11.2. The first-order valence-corrected chi connectivity index (χ1v) is 8.93. The first-order valence-electron chi connectivity index (χ1n) is 8.93. The van der Waals surface area contributed by atoms with Crippen LogP contribution in [0.15, 0.2) is 12.2 Å². The summed E-state index contributed by atoms with van der Waals surface area (Å²) in [5.74, 6) is 2.62. The van der Waals surface area contributed by atoms with Crippen molar-refractivity contribution in [1.82, 2.24) is 0 Å². The average molecular weight is 304 g/mol. The fraction of sp³-hybridized carbons (Fsp3) is 0.842. The first-order chi connectivity index (χ1) is 10.5. The molecule has 0 N–H and O–H groups in total. The highest BCUT2D eigenvalue weighted by molar-refractivity contribution is 5.78. The van der Waals surface area contributed by atoms with Gasteiger partial charge in [-0.2, -0.15) is 0 Å². The molecule has 4 aliphatic rings. The normalized spacial score (nSPS) is 48.3. The molecule has 122 valence electrons. The van der Waals surface area contributed by atoms with Gasteiger partial charge in [-0.1, -0.05) is 25.5 Å². The zero-order valence-electron chi connectivity index (χ0n) is 13.8. The molecule has 0 amide bonds. The third-order valence-electron chi connectivity index (χ3n) is 7.13. The van der Waals surface area contributed by atoms with Gasteiger partial charge in [0, 0.05) is 0 Å². The predicted molar refractivity (Wildman–Crippen MR) is 83.9 cm³/mol. The molecular formula is C19H28O3. The molecule has 3 nitrogen and oxygen atoms in total. The summed E-state index contributed by atoms with van der Waals surface area (Å²) in [5.41, 5.74) is -0.00645. The molecule has 4 aliphatic carbocycles. The second kappa shape index (κ2) is 5.09. The van der Waals surface area contributed by atoms with E-state index in [-0.39, 0.29) is 18.2 Å². The molecule has 0 spiro atoms. The van der Waals surface area contributed by atoms with E-state index in [0.717, 1.165) is 31.3 Å². The lowest BCUT2D eigenvalue weighted by molar-refractivity contribution is -0.172. The molecule has 22 heavy (non-hydrogen) atoms. The second-order valence-electron chi connectivity index (χ2n) is 8.74. The van der Waals surface area contributed by atoms with Crippen molar-refractivity contribution in [2.45, 2.75) is 52.4 Å². The van der Waals surface area contributed by atoms with Gasteiger partial charge in [0.15, 0.2) is 6.79 Å².